The second kappa shape index (κ2) is 7.47. The van der Waals surface area contributed by atoms with Crippen molar-refractivity contribution < 1.29 is 18.0 Å². The number of amides is 2. The van der Waals surface area contributed by atoms with E-state index in [9.17, 15) is 18.0 Å². The third-order valence-corrected chi connectivity index (χ3v) is 6.62. The maximum absolute atomic E-state index is 12.5. The van der Waals surface area contributed by atoms with Gasteiger partial charge in [0.25, 0.3) is 5.91 Å². The molecule has 146 valence electrons. The summed E-state index contributed by atoms with van der Waals surface area (Å²) < 4.78 is 23.3. The summed E-state index contributed by atoms with van der Waals surface area (Å²) in [4.78, 5) is 26.5. The van der Waals surface area contributed by atoms with E-state index in [0.29, 0.717) is 17.1 Å². The summed E-state index contributed by atoms with van der Waals surface area (Å²) in [5, 5.41) is 8.56. The van der Waals surface area contributed by atoms with Gasteiger partial charge < -0.3 is 10.2 Å². The number of carbonyl (C=O) groups excluding carboxylic acids is 2. The first-order valence-corrected chi connectivity index (χ1v) is 10.7. The second-order valence-corrected chi connectivity index (χ2v) is 9.49. The molecule has 1 N–H and O–H groups in total. The highest BCUT2D eigenvalue weighted by Gasteiger charge is 2.37. The predicted octanol–water partition coefficient (Wildman–Crippen LogP) is 1.51. The molecule has 0 bridgehead atoms. The molecule has 1 fully saturated rings. The maximum atomic E-state index is 12.5. The molecule has 3 rings (SSSR count). The first-order chi connectivity index (χ1) is 12.7. The summed E-state index contributed by atoms with van der Waals surface area (Å²) in [5.41, 5.74) is 1.54. The number of carbonyl (C=O) groups is 2. The van der Waals surface area contributed by atoms with Crippen LogP contribution in [-0.4, -0.2) is 62.6 Å². The highest BCUT2D eigenvalue weighted by molar-refractivity contribution is 7.91. The van der Waals surface area contributed by atoms with Crippen molar-refractivity contribution in [2.45, 2.75) is 25.3 Å². The first-order valence-electron chi connectivity index (χ1n) is 8.54. The Hall–Kier alpha value is -2.13. The van der Waals surface area contributed by atoms with Crippen LogP contribution < -0.4 is 10.2 Å². The first kappa shape index (κ1) is 19.6. The van der Waals surface area contributed by atoms with Gasteiger partial charge >= 0.3 is 0 Å². The molecule has 8 nitrogen and oxygen atoms in total. The minimum Gasteiger partial charge on any atom is -0.376 e. The van der Waals surface area contributed by atoms with Crippen LogP contribution in [-0.2, 0) is 19.4 Å². The van der Waals surface area contributed by atoms with Gasteiger partial charge in [0, 0.05) is 32.6 Å². The van der Waals surface area contributed by atoms with Gasteiger partial charge in [-0.15, -0.1) is 0 Å². The molecule has 2 amide bonds. The number of hydrazone groups is 1. The van der Waals surface area contributed by atoms with E-state index >= 15 is 0 Å². The average Bonchev–Trinajstić information content (AvgIpc) is 2.94. The Kier molecular flexibility index (Phi) is 5.43. The topological polar surface area (TPSA) is 99.2 Å². The van der Waals surface area contributed by atoms with Crippen molar-refractivity contribution >= 4 is 50.3 Å². The molecule has 0 saturated carbocycles. The minimum absolute atomic E-state index is 0.0369. The lowest BCUT2D eigenvalue weighted by atomic mass is 10.1. The van der Waals surface area contributed by atoms with Gasteiger partial charge in [-0.2, -0.15) is 5.10 Å². The van der Waals surface area contributed by atoms with Gasteiger partial charge in [-0.05, 0) is 24.6 Å². The molecule has 1 aromatic carbocycles. The van der Waals surface area contributed by atoms with Crippen molar-refractivity contribution in [1.82, 2.24) is 5.01 Å². The van der Waals surface area contributed by atoms with Crippen LogP contribution in [0.3, 0.4) is 0 Å². The zero-order chi connectivity index (χ0) is 19.8. The van der Waals surface area contributed by atoms with Crippen LogP contribution in [0.2, 0.25) is 5.02 Å². The number of nitrogens with one attached hydrogen (secondary N) is 1. The second-order valence-electron chi connectivity index (χ2n) is 6.86. The Morgan fingerprint density at radius 2 is 2.07 bits per heavy atom. The van der Waals surface area contributed by atoms with E-state index in [1.165, 1.54) is 5.01 Å². The lowest BCUT2D eigenvalue weighted by molar-refractivity contribution is -0.133. The van der Waals surface area contributed by atoms with Gasteiger partial charge in [0.1, 0.15) is 5.71 Å². The van der Waals surface area contributed by atoms with Crippen LogP contribution in [0.15, 0.2) is 23.3 Å². The summed E-state index contributed by atoms with van der Waals surface area (Å²) in [6.45, 7) is 0. The van der Waals surface area contributed by atoms with E-state index < -0.39 is 21.8 Å². The third kappa shape index (κ3) is 4.41. The van der Waals surface area contributed by atoms with Crippen molar-refractivity contribution in [3.05, 3.63) is 23.2 Å². The van der Waals surface area contributed by atoms with Gasteiger partial charge in [-0.1, -0.05) is 11.6 Å². The van der Waals surface area contributed by atoms with Gasteiger partial charge in [0.2, 0.25) is 5.91 Å². The van der Waals surface area contributed by atoms with E-state index in [2.05, 4.69) is 10.4 Å². The van der Waals surface area contributed by atoms with Crippen LogP contribution in [0.25, 0.3) is 0 Å². The molecule has 27 heavy (non-hydrogen) atoms. The molecule has 10 heteroatoms. The molecule has 2 heterocycles. The van der Waals surface area contributed by atoms with Crippen LogP contribution >= 0.6 is 11.6 Å². The van der Waals surface area contributed by atoms with Crippen molar-refractivity contribution in [3.8, 4) is 0 Å². The van der Waals surface area contributed by atoms with E-state index in [-0.39, 0.29) is 36.0 Å². The number of anilines is 2. The van der Waals surface area contributed by atoms with Crippen molar-refractivity contribution in [2.75, 3.05) is 35.8 Å². The Labute approximate surface area is 163 Å². The number of hydrogen-bond acceptors (Lipinski definition) is 6. The quantitative estimate of drug-likeness (QED) is 0.808. The van der Waals surface area contributed by atoms with Crippen molar-refractivity contribution in [3.63, 3.8) is 0 Å². The normalized spacial score (nSPS) is 21.7. The van der Waals surface area contributed by atoms with E-state index in [1.807, 2.05) is 19.0 Å². The van der Waals surface area contributed by atoms with Crippen LogP contribution in [0.1, 0.15) is 19.3 Å². The van der Waals surface area contributed by atoms with E-state index in [4.69, 9.17) is 11.6 Å². The summed E-state index contributed by atoms with van der Waals surface area (Å²) in [6, 6.07) is 4.67. The van der Waals surface area contributed by atoms with Crippen LogP contribution in [0, 0.1) is 0 Å². The molecule has 1 unspecified atom stereocenters. The fourth-order valence-electron chi connectivity index (χ4n) is 3.14. The number of halogens is 1. The van der Waals surface area contributed by atoms with Gasteiger partial charge in [-0.3, -0.25) is 9.59 Å². The van der Waals surface area contributed by atoms with Crippen LogP contribution in [0.4, 0.5) is 11.4 Å². The van der Waals surface area contributed by atoms with Gasteiger partial charge in [0.05, 0.1) is 28.3 Å². The molecule has 2 aliphatic rings. The number of benzene rings is 1. The molecule has 0 radical (unpaired) electrons. The average molecular weight is 413 g/mol. The summed E-state index contributed by atoms with van der Waals surface area (Å²) in [5.74, 6) is -0.761. The van der Waals surface area contributed by atoms with Crippen LogP contribution in [0.5, 0.6) is 0 Å². The zero-order valence-corrected chi connectivity index (χ0v) is 16.7. The number of hydrogen-bond donors (Lipinski definition) is 1. The van der Waals surface area contributed by atoms with Crippen molar-refractivity contribution in [2.24, 2.45) is 5.10 Å². The molecular weight excluding hydrogens is 392 g/mol. The fraction of sp³-hybridized carbons (Fsp3) is 0.471. The summed E-state index contributed by atoms with van der Waals surface area (Å²) >= 11 is 6.22. The largest absolute Gasteiger partial charge is 0.376 e. The smallest absolute Gasteiger partial charge is 0.271 e. The number of nitrogens with zero attached hydrogens (tertiary/aromatic N) is 3. The highest BCUT2D eigenvalue weighted by Crippen LogP contribution is 2.28. The summed E-state index contributed by atoms with van der Waals surface area (Å²) in [7, 11) is 0.579. The zero-order valence-electron chi connectivity index (χ0n) is 15.1. The van der Waals surface area contributed by atoms with E-state index in [0.717, 1.165) is 5.69 Å². The standard InChI is InChI=1S/C17H21ClN4O4S/c1-21(2)15-5-3-11(9-13(15)18)19-17(24)14-4-6-16(23)22(20-14)12-7-8-27(25,26)10-12/h3,5,9,12H,4,6-8,10H2,1-2H3,(H,19,24). The molecule has 0 aliphatic carbocycles. The SMILES string of the molecule is CN(C)c1ccc(NC(=O)C2=NN(C3CCS(=O)(=O)C3)C(=O)CC2)cc1Cl. The van der Waals surface area contributed by atoms with Gasteiger partial charge in [0.15, 0.2) is 9.84 Å². The molecule has 1 aromatic rings. The third-order valence-electron chi connectivity index (χ3n) is 4.56. The number of sulfone groups is 1. The molecule has 2 aliphatic heterocycles. The summed E-state index contributed by atoms with van der Waals surface area (Å²) in [6.07, 6.45) is 0.682. The predicted molar refractivity (Wildman–Crippen MR) is 105 cm³/mol. The lowest BCUT2D eigenvalue weighted by Gasteiger charge is -2.27. The molecule has 1 atom stereocenters. The van der Waals surface area contributed by atoms with E-state index in [1.54, 1.807) is 18.2 Å². The molecular formula is C17H21ClN4O4S. The molecule has 0 spiro atoms. The molecule has 1 saturated heterocycles. The van der Waals surface area contributed by atoms with Crippen molar-refractivity contribution in [1.29, 1.82) is 0 Å². The number of rotatable bonds is 4. The van der Waals surface area contributed by atoms with Gasteiger partial charge in [-0.25, -0.2) is 13.4 Å². The monoisotopic (exact) mass is 412 g/mol. The minimum atomic E-state index is -3.15. The lowest BCUT2D eigenvalue weighted by Crippen LogP contribution is -2.42. The molecule has 0 aromatic heterocycles. The highest BCUT2D eigenvalue weighted by atomic mass is 35.5. The Morgan fingerprint density at radius 3 is 2.67 bits per heavy atom. The maximum Gasteiger partial charge on any atom is 0.271 e. The Bertz CT molecular complexity index is 914. The Morgan fingerprint density at radius 1 is 1.33 bits per heavy atom. The Balaban J connectivity index is 1.75. The fourth-order valence-corrected chi connectivity index (χ4v) is 5.18.